The molecule has 1 saturated heterocycles. The minimum Gasteiger partial charge on any atom is -0.497 e. The topological polar surface area (TPSA) is 103 Å². The number of carbonyl (C=O) groups is 3. The molecule has 1 aromatic carbocycles. The molecular formula is C21H19NO7. The van der Waals surface area contributed by atoms with Gasteiger partial charge in [-0.3, -0.25) is 19.3 Å². The van der Waals surface area contributed by atoms with Gasteiger partial charge < -0.3 is 13.9 Å². The molecule has 2 atom stereocenters. The van der Waals surface area contributed by atoms with Crippen molar-refractivity contribution in [1.82, 2.24) is 4.90 Å². The zero-order valence-corrected chi connectivity index (χ0v) is 15.8. The number of imide groups is 1. The molecule has 29 heavy (non-hydrogen) atoms. The number of nitrogens with zero attached hydrogens (tertiary/aromatic N) is 1. The van der Waals surface area contributed by atoms with Crippen LogP contribution in [0.1, 0.15) is 18.4 Å². The first-order valence-corrected chi connectivity index (χ1v) is 9.24. The number of benzene rings is 1. The van der Waals surface area contributed by atoms with Gasteiger partial charge in [-0.25, -0.2) is 4.79 Å². The molecule has 0 spiro atoms. The SMILES string of the molecule is COc1ccc2c(COC(=O)CN3C(=O)C4CC=CCC4C3=O)cc(=O)oc2c1. The molecule has 1 fully saturated rings. The molecule has 4 rings (SSSR count). The Labute approximate surface area is 165 Å². The van der Waals surface area contributed by atoms with Crippen molar-refractivity contribution in [2.24, 2.45) is 11.8 Å². The van der Waals surface area contributed by atoms with Crippen LogP contribution in [-0.2, 0) is 25.7 Å². The van der Waals surface area contributed by atoms with Gasteiger partial charge in [-0.1, -0.05) is 12.2 Å². The van der Waals surface area contributed by atoms with Crippen molar-refractivity contribution in [3.63, 3.8) is 0 Å². The lowest BCUT2D eigenvalue weighted by molar-refractivity contribution is -0.153. The summed E-state index contributed by atoms with van der Waals surface area (Å²) in [6.45, 7) is -0.615. The number of methoxy groups -OCH3 is 1. The van der Waals surface area contributed by atoms with Crippen molar-refractivity contribution in [2.45, 2.75) is 19.4 Å². The van der Waals surface area contributed by atoms with E-state index in [0.717, 1.165) is 4.90 Å². The van der Waals surface area contributed by atoms with E-state index < -0.39 is 30.0 Å². The van der Waals surface area contributed by atoms with E-state index >= 15 is 0 Å². The highest BCUT2D eigenvalue weighted by atomic mass is 16.5. The molecule has 0 N–H and O–H groups in total. The summed E-state index contributed by atoms with van der Waals surface area (Å²) in [5, 5.41) is 0.601. The number of rotatable bonds is 5. The first-order valence-electron chi connectivity index (χ1n) is 9.24. The Balaban J connectivity index is 1.46. The Kier molecular flexibility index (Phi) is 4.92. The first kappa shape index (κ1) is 18.9. The maximum Gasteiger partial charge on any atom is 0.336 e. The van der Waals surface area contributed by atoms with Crippen LogP contribution in [0, 0.1) is 11.8 Å². The van der Waals surface area contributed by atoms with Gasteiger partial charge in [-0.2, -0.15) is 0 Å². The summed E-state index contributed by atoms with van der Waals surface area (Å²) in [5.74, 6) is -1.64. The van der Waals surface area contributed by atoms with E-state index in [1.54, 1.807) is 18.2 Å². The molecule has 2 unspecified atom stereocenters. The normalized spacial score (nSPS) is 20.8. The summed E-state index contributed by atoms with van der Waals surface area (Å²) < 4.78 is 15.5. The standard InChI is InChI=1S/C21H19NO7/c1-27-13-6-7-14-12(8-18(23)29-17(14)9-13)11-28-19(24)10-22-20(25)15-4-2-3-5-16(15)21(22)26/h2-3,6-9,15-16H,4-5,10-11H2,1H3. The van der Waals surface area contributed by atoms with E-state index in [1.807, 2.05) is 12.2 Å². The Hall–Kier alpha value is -3.42. The van der Waals surface area contributed by atoms with Crippen LogP contribution >= 0.6 is 0 Å². The van der Waals surface area contributed by atoms with Crippen LogP contribution in [0.4, 0.5) is 0 Å². The number of hydrogen-bond donors (Lipinski definition) is 0. The number of ether oxygens (including phenoxy) is 2. The maximum atomic E-state index is 12.4. The van der Waals surface area contributed by atoms with Crippen LogP contribution in [0.5, 0.6) is 5.75 Å². The molecule has 0 radical (unpaired) electrons. The summed E-state index contributed by atoms with van der Waals surface area (Å²) in [7, 11) is 1.50. The number of carbonyl (C=O) groups excluding carboxylic acids is 3. The van der Waals surface area contributed by atoms with E-state index in [9.17, 15) is 19.2 Å². The molecule has 150 valence electrons. The van der Waals surface area contributed by atoms with Gasteiger partial charge in [0.05, 0.1) is 18.9 Å². The van der Waals surface area contributed by atoms with Crippen molar-refractivity contribution in [3.05, 3.63) is 52.4 Å². The molecule has 2 heterocycles. The molecule has 1 aliphatic heterocycles. The highest BCUT2D eigenvalue weighted by Crippen LogP contribution is 2.34. The van der Waals surface area contributed by atoms with E-state index in [0.29, 0.717) is 35.1 Å². The summed E-state index contributed by atoms with van der Waals surface area (Å²) >= 11 is 0. The molecule has 0 bridgehead atoms. The fourth-order valence-electron chi connectivity index (χ4n) is 3.81. The second kappa shape index (κ2) is 7.54. The van der Waals surface area contributed by atoms with Crippen molar-refractivity contribution in [2.75, 3.05) is 13.7 Å². The Morgan fingerprint density at radius 1 is 1.10 bits per heavy atom. The number of likely N-dealkylation sites (tertiary alicyclic amines) is 1. The predicted molar refractivity (Wildman–Crippen MR) is 101 cm³/mol. The quantitative estimate of drug-likeness (QED) is 0.328. The second-order valence-corrected chi connectivity index (χ2v) is 7.03. The molecule has 2 aliphatic rings. The lowest BCUT2D eigenvalue weighted by Gasteiger charge is -2.14. The highest BCUT2D eigenvalue weighted by molar-refractivity contribution is 6.07. The third-order valence-corrected chi connectivity index (χ3v) is 5.31. The summed E-state index contributed by atoms with van der Waals surface area (Å²) in [6, 6.07) is 6.21. The van der Waals surface area contributed by atoms with E-state index in [4.69, 9.17) is 13.9 Å². The van der Waals surface area contributed by atoms with Gasteiger partial charge in [0.1, 0.15) is 24.5 Å². The number of fused-ring (bicyclic) bond motifs is 2. The average molecular weight is 397 g/mol. The van der Waals surface area contributed by atoms with Crippen LogP contribution in [-0.4, -0.2) is 36.3 Å². The molecule has 1 aromatic heterocycles. The fraction of sp³-hybridized carbons (Fsp3) is 0.333. The molecular weight excluding hydrogens is 378 g/mol. The van der Waals surface area contributed by atoms with Gasteiger partial charge in [0.2, 0.25) is 11.8 Å². The minimum absolute atomic E-state index is 0.183. The molecule has 2 amide bonds. The van der Waals surface area contributed by atoms with Gasteiger partial charge in [-0.15, -0.1) is 0 Å². The maximum absolute atomic E-state index is 12.4. The Morgan fingerprint density at radius 3 is 2.45 bits per heavy atom. The Bertz CT molecular complexity index is 1060. The van der Waals surface area contributed by atoms with Crippen LogP contribution in [0.2, 0.25) is 0 Å². The highest BCUT2D eigenvalue weighted by Gasteiger charge is 2.47. The van der Waals surface area contributed by atoms with Crippen molar-refractivity contribution >= 4 is 28.8 Å². The van der Waals surface area contributed by atoms with Gasteiger partial charge in [-0.05, 0) is 25.0 Å². The lowest BCUT2D eigenvalue weighted by atomic mass is 9.85. The lowest BCUT2D eigenvalue weighted by Crippen LogP contribution is -2.36. The van der Waals surface area contributed by atoms with Crippen molar-refractivity contribution in [1.29, 1.82) is 0 Å². The van der Waals surface area contributed by atoms with Gasteiger partial charge in [0.15, 0.2) is 0 Å². The Morgan fingerprint density at radius 2 is 1.79 bits per heavy atom. The minimum atomic E-state index is -0.715. The third kappa shape index (κ3) is 3.53. The van der Waals surface area contributed by atoms with Crippen molar-refractivity contribution < 1.29 is 28.3 Å². The number of esters is 1. The van der Waals surface area contributed by atoms with Gasteiger partial charge in [0, 0.05) is 23.1 Å². The first-order chi connectivity index (χ1) is 14.0. The average Bonchev–Trinajstić information content (AvgIpc) is 2.96. The monoisotopic (exact) mass is 397 g/mol. The molecule has 8 nitrogen and oxygen atoms in total. The van der Waals surface area contributed by atoms with Crippen LogP contribution < -0.4 is 10.4 Å². The smallest absolute Gasteiger partial charge is 0.336 e. The summed E-state index contributed by atoms with van der Waals surface area (Å²) in [4.78, 5) is 49.9. The van der Waals surface area contributed by atoms with Gasteiger partial charge in [0.25, 0.3) is 0 Å². The van der Waals surface area contributed by atoms with E-state index in [2.05, 4.69) is 0 Å². The molecule has 8 heteroatoms. The number of hydrogen-bond acceptors (Lipinski definition) is 7. The third-order valence-electron chi connectivity index (χ3n) is 5.31. The zero-order valence-electron chi connectivity index (χ0n) is 15.8. The second-order valence-electron chi connectivity index (χ2n) is 7.03. The zero-order chi connectivity index (χ0) is 20.5. The van der Waals surface area contributed by atoms with E-state index in [1.165, 1.54) is 13.2 Å². The van der Waals surface area contributed by atoms with Crippen molar-refractivity contribution in [3.8, 4) is 5.75 Å². The van der Waals surface area contributed by atoms with Crippen LogP contribution in [0.3, 0.4) is 0 Å². The fourth-order valence-corrected chi connectivity index (χ4v) is 3.81. The molecule has 0 saturated carbocycles. The molecule has 2 aromatic rings. The van der Waals surface area contributed by atoms with Gasteiger partial charge >= 0.3 is 11.6 Å². The number of amides is 2. The summed E-state index contributed by atoms with van der Waals surface area (Å²) in [5.41, 5.74) is 0.187. The van der Waals surface area contributed by atoms with Crippen LogP contribution in [0.25, 0.3) is 11.0 Å². The predicted octanol–water partition coefficient (Wildman–Crippen LogP) is 1.80. The van der Waals surface area contributed by atoms with Crippen LogP contribution in [0.15, 0.2) is 45.6 Å². The molecule has 1 aliphatic carbocycles. The largest absolute Gasteiger partial charge is 0.497 e. The number of allylic oxidation sites excluding steroid dienone is 2. The summed E-state index contributed by atoms with van der Waals surface area (Å²) in [6.07, 6.45) is 4.79. The van der Waals surface area contributed by atoms with E-state index in [-0.39, 0.29) is 18.4 Å².